The maximum absolute atomic E-state index is 12.3. The van der Waals surface area contributed by atoms with Crippen LogP contribution in [0.1, 0.15) is 32.7 Å². The summed E-state index contributed by atoms with van der Waals surface area (Å²) in [4.78, 5) is 28.2. The van der Waals surface area contributed by atoms with E-state index in [0.717, 1.165) is 27.6 Å². The monoisotopic (exact) mass is 338 g/mol. The third-order valence-electron chi connectivity index (χ3n) is 4.37. The van der Waals surface area contributed by atoms with Crippen LogP contribution in [0.3, 0.4) is 0 Å². The lowest BCUT2D eigenvalue weighted by molar-refractivity contribution is -0.135. The van der Waals surface area contributed by atoms with Gasteiger partial charge in [0.05, 0.1) is 5.52 Å². The summed E-state index contributed by atoms with van der Waals surface area (Å²) in [6.07, 6.45) is 2.56. The van der Waals surface area contributed by atoms with Crippen LogP contribution in [0.5, 0.6) is 0 Å². The largest absolute Gasteiger partial charge is 0.388 e. The standard InChI is InChI=1S/C17H16N4O2.C2H6/c1-18-10-4-5-13-12(9-10)11-3-2-8-19-16(11)21(13)14-6-7-15(22)20-17(14)23;1-2/h2-5,8-9,14,18H,6-7H2,1H3,(H,20,22,23);1-2H3. The van der Waals surface area contributed by atoms with Crippen LogP contribution in [0.25, 0.3) is 21.9 Å². The van der Waals surface area contributed by atoms with Gasteiger partial charge in [-0.2, -0.15) is 0 Å². The number of hydrogen-bond donors (Lipinski definition) is 2. The number of anilines is 1. The van der Waals surface area contributed by atoms with E-state index >= 15 is 0 Å². The molecule has 25 heavy (non-hydrogen) atoms. The molecule has 0 saturated carbocycles. The van der Waals surface area contributed by atoms with Gasteiger partial charge in [0, 0.05) is 36.1 Å². The van der Waals surface area contributed by atoms with Gasteiger partial charge in [-0.15, -0.1) is 0 Å². The number of carbonyl (C=O) groups excluding carboxylic acids is 2. The van der Waals surface area contributed by atoms with E-state index < -0.39 is 6.04 Å². The fraction of sp³-hybridized carbons (Fsp3) is 0.316. The maximum Gasteiger partial charge on any atom is 0.249 e. The quantitative estimate of drug-likeness (QED) is 0.703. The second kappa shape index (κ2) is 6.93. The molecule has 1 aliphatic rings. The highest BCUT2D eigenvalue weighted by Gasteiger charge is 2.30. The highest BCUT2D eigenvalue weighted by Crippen LogP contribution is 2.34. The SMILES string of the molecule is CC.CNc1ccc2c(c1)c1cccnc1n2C1CCC(=O)NC1=O. The van der Waals surface area contributed by atoms with Crippen molar-refractivity contribution in [1.82, 2.24) is 14.9 Å². The fourth-order valence-corrected chi connectivity index (χ4v) is 3.27. The highest BCUT2D eigenvalue weighted by atomic mass is 16.2. The summed E-state index contributed by atoms with van der Waals surface area (Å²) in [6.45, 7) is 4.00. The molecule has 0 aliphatic carbocycles. The minimum Gasteiger partial charge on any atom is -0.388 e. The molecule has 1 aromatic carbocycles. The number of benzene rings is 1. The van der Waals surface area contributed by atoms with E-state index in [9.17, 15) is 9.59 Å². The molecule has 1 fully saturated rings. The molecule has 0 bridgehead atoms. The van der Waals surface area contributed by atoms with Crippen molar-refractivity contribution in [3.8, 4) is 0 Å². The zero-order valence-electron chi connectivity index (χ0n) is 14.7. The van der Waals surface area contributed by atoms with Crippen LogP contribution in [-0.2, 0) is 9.59 Å². The average Bonchev–Trinajstić information content (AvgIpc) is 2.97. The topological polar surface area (TPSA) is 76.0 Å². The Morgan fingerprint density at radius 2 is 2.00 bits per heavy atom. The van der Waals surface area contributed by atoms with Crippen LogP contribution in [-0.4, -0.2) is 28.4 Å². The molecule has 1 aliphatic heterocycles. The summed E-state index contributed by atoms with van der Waals surface area (Å²) in [5, 5.41) is 7.61. The molecule has 6 heteroatoms. The van der Waals surface area contributed by atoms with E-state index in [1.54, 1.807) is 6.20 Å². The smallest absolute Gasteiger partial charge is 0.249 e. The summed E-state index contributed by atoms with van der Waals surface area (Å²) in [6, 6.07) is 9.51. The number of hydrogen-bond acceptors (Lipinski definition) is 4. The van der Waals surface area contributed by atoms with Crippen LogP contribution in [0, 0.1) is 0 Å². The summed E-state index contributed by atoms with van der Waals surface area (Å²) in [7, 11) is 1.87. The summed E-state index contributed by atoms with van der Waals surface area (Å²) < 4.78 is 1.95. The van der Waals surface area contributed by atoms with Gasteiger partial charge in [0.15, 0.2) is 0 Å². The van der Waals surface area contributed by atoms with Crippen LogP contribution in [0.4, 0.5) is 5.69 Å². The Morgan fingerprint density at radius 3 is 2.72 bits per heavy atom. The first-order valence-corrected chi connectivity index (χ1v) is 8.59. The van der Waals surface area contributed by atoms with Crippen LogP contribution >= 0.6 is 0 Å². The van der Waals surface area contributed by atoms with Gasteiger partial charge in [0.2, 0.25) is 11.8 Å². The number of nitrogens with zero attached hydrogens (tertiary/aromatic N) is 2. The molecular formula is C19H22N4O2. The van der Waals surface area contributed by atoms with E-state index in [2.05, 4.69) is 21.7 Å². The predicted octanol–water partition coefficient (Wildman–Crippen LogP) is 3.24. The summed E-state index contributed by atoms with van der Waals surface area (Å²) in [5.74, 6) is -0.471. The first-order valence-electron chi connectivity index (χ1n) is 8.59. The lowest BCUT2D eigenvalue weighted by Crippen LogP contribution is -2.41. The molecule has 6 nitrogen and oxygen atoms in total. The number of aromatic nitrogens is 2. The molecule has 4 rings (SSSR count). The molecule has 0 spiro atoms. The molecule has 2 amide bonds. The summed E-state index contributed by atoms with van der Waals surface area (Å²) >= 11 is 0. The van der Waals surface area contributed by atoms with Crippen molar-refractivity contribution < 1.29 is 9.59 Å². The zero-order valence-corrected chi connectivity index (χ0v) is 14.7. The van der Waals surface area contributed by atoms with Crippen LogP contribution in [0.15, 0.2) is 36.5 Å². The zero-order chi connectivity index (χ0) is 18.0. The van der Waals surface area contributed by atoms with Crippen molar-refractivity contribution in [1.29, 1.82) is 0 Å². The molecule has 1 atom stereocenters. The predicted molar refractivity (Wildman–Crippen MR) is 99.6 cm³/mol. The second-order valence-electron chi connectivity index (χ2n) is 5.69. The van der Waals surface area contributed by atoms with Crippen molar-refractivity contribution in [3.05, 3.63) is 36.5 Å². The first-order chi connectivity index (χ1) is 12.2. The number of rotatable bonds is 2. The molecule has 1 saturated heterocycles. The minimum absolute atomic E-state index is 0.211. The Balaban J connectivity index is 0.000000880. The van der Waals surface area contributed by atoms with E-state index in [4.69, 9.17) is 0 Å². The van der Waals surface area contributed by atoms with E-state index in [0.29, 0.717) is 12.8 Å². The normalized spacial score (nSPS) is 17.2. The minimum atomic E-state index is -0.414. The molecule has 0 radical (unpaired) electrons. The van der Waals surface area contributed by atoms with Crippen molar-refractivity contribution >= 4 is 39.4 Å². The molecule has 3 aromatic rings. The number of carbonyl (C=O) groups is 2. The van der Waals surface area contributed by atoms with E-state index in [-0.39, 0.29) is 11.8 Å². The number of amides is 2. The molecule has 2 aromatic heterocycles. The molecule has 3 heterocycles. The Hall–Kier alpha value is -2.89. The van der Waals surface area contributed by atoms with Crippen LogP contribution < -0.4 is 10.6 Å². The lowest BCUT2D eigenvalue weighted by Gasteiger charge is -2.23. The molecule has 1 unspecified atom stereocenters. The molecular weight excluding hydrogens is 316 g/mol. The van der Waals surface area contributed by atoms with Gasteiger partial charge in [-0.05, 0) is 36.8 Å². The van der Waals surface area contributed by atoms with Crippen molar-refractivity contribution in [2.75, 3.05) is 12.4 Å². The number of nitrogens with one attached hydrogen (secondary N) is 2. The third-order valence-corrected chi connectivity index (χ3v) is 4.37. The van der Waals surface area contributed by atoms with Gasteiger partial charge in [-0.1, -0.05) is 13.8 Å². The van der Waals surface area contributed by atoms with E-state index in [1.165, 1.54) is 0 Å². The number of piperidine rings is 1. The Kier molecular flexibility index (Phi) is 4.70. The molecule has 130 valence electrons. The lowest BCUT2D eigenvalue weighted by atomic mass is 10.1. The molecule has 2 N–H and O–H groups in total. The van der Waals surface area contributed by atoms with Gasteiger partial charge in [0.25, 0.3) is 0 Å². The van der Waals surface area contributed by atoms with Gasteiger partial charge < -0.3 is 9.88 Å². The average molecular weight is 338 g/mol. The number of pyridine rings is 1. The second-order valence-corrected chi connectivity index (χ2v) is 5.69. The van der Waals surface area contributed by atoms with Crippen molar-refractivity contribution in [2.24, 2.45) is 0 Å². The number of imide groups is 1. The van der Waals surface area contributed by atoms with Crippen molar-refractivity contribution in [3.63, 3.8) is 0 Å². The number of fused-ring (bicyclic) bond motifs is 3. The third kappa shape index (κ3) is 2.84. The maximum atomic E-state index is 12.3. The Bertz CT molecular complexity index is 945. The summed E-state index contributed by atoms with van der Waals surface area (Å²) in [5.41, 5.74) is 2.72. The highest BCUT2D eigenvalue weighted by molar-refractivity contribution is 6.09. The van der Waals surface area contributed by atoms with Gasteiger partial charge >= 0.3 is 0 Å². The van der Waals surface area contributed by atoms with E-state index in [1.807, 2.05) is 49.7 Å². The Morgan fingerprint density at radius 1 is 1.20 bits per heavy atom. The first kappa shape index (κ1) is 17.0. The van der Waals surface area contributed by atoms with Crippen molar-refractivity contribution in [2.45, 2.75) is 32.7 Å². The van der Waals surface area contributed by atoms with Gasteiger partial charge in [-0.25, -0.2) is 4.98 Å². The van der Waals surface area contributed by atoms with Gasteiger partial charge in [0.1, 0.15) is 11.7 Å². The van der Waals surface area contributed by atoms with Gasteiger partial charge in [-0.3, -0.25) is 14.9 Å². The Labute approximate surface area is 146 Å². The van der Waals surface area contributed by atoms with Crippen LogP contribution in [0.2, 0.25) is 0 Å². The fourth-order valence-electron chi connectivity index (χ4n) is 3.27.